The Morgan fingerprint density at radius 3 is 2.50 bits per heavy atom. The number of sulfonamides is 1. The molecule has 0 atom stereocenters. The van der Waals surface area contributed by atoms with E-state index in [1.807, 2.05) is 31.2 Å². The van der Waals surface area contributed by atoms with Crippen LogP contribution in [0, 0.1) is 6.92 Å². The molecule has 0 fully saturated rings. The minimum absolute atomic E-state index is 0.0280. The molecule has 2 aromatic carbocycles. The largest absolute Gasteiger partial charge is 0.494 e. The summed E-state index contributed by atoms with van der Waals surface area (Å²) in [5.41, 5.74) is 1.13. The van der Waals surface area contributed by atoms with Crippen molar-refractivity contribution in [1.29, 1.82) is 0 Å². The molecule has 0 saturated carbocycles. The monoisotopic (exact) mass is 433 g/mol. The Morgan fingerprint density at radius 1 is 1.21 bits per heavy atom. The van der Waals surface area contributed by atoms with Crippen LogP contribution in [0.15, 0.2) is 45.8 Å². The molecule has 0 amide bonds. The smallest absolute Gasteiger partial charge is 0.244 e. The molecular formula is C16H17BrClNO4S. The van der Waals surface area contributed by atoms with Gasteiger partial charge in [-0.2, -0.15) is 0 Å². The van der Waals surface area contributed by atoms with Crippen molar-refractivity contribution in [3.63, 3.8) is 0 Å². The summed E-state index contributed by atoms with van der Waals surface area (Å²) in [5.74, 6) is 0.884. The normalized spacial score (nSPS) is 11.3. The molecule has 0 aliphatic heterocycles. The Labute approximate surface area is 155 Å². The van der Waals surface area contributed by atoms with Crippen molar-refractivity contribution in [1.82, 2.24) is 4.72 Å². The van der Waals surface area contributed by atoms with Crippen LogP contribution in [0.1, 0.15) is 5.56 Å². The maximum Gasteiger partial charge on any atom is 0.244 e. The summed E-state index contributed by atoms with van der Waals surface area (Å²) >= 11 is 9.18. The number of hydrogen-bond donors (Lipinski definition) is 1. The van der Waals surface area contributed by atoms with Crippen molar-refractivity contribution >= 4 is 37.6 Å². The lowest BCUT2D eigenvalue weighted by atomic mass is 10.2. The fourth-order valence-electron chi connectivity index (χ4n) is 1.99. The lowest BCUT2D eigenvalue weighted by molar-refractivity contribution is 0.322. The fourth-order valence-corrected chi connectivity index (χ4v) is 4.39. The van der Waals surface area contributed by atoms with Gasteiger partial charge in [0.05, 0.1) is 11.6 Å². The number of aryl methyl sites for hydroxylation is 1. The quantitative estimate of drug-likeness (QED) is 0.674. The summed E-state index contributed by atoms with van der Waals surface area (Å²) in [7, 11) is -2.38. The average molecular weight is 435 g/mol. The van der Waals surface area contributed by atoms with Crippen molar-refractivity contribution in [3.8, 4) is 11.5 Å². The van der Waals surface area contributed by atoms with Gasteiger partial charge in [-0.05, 0) is 47.1 Å². The fraction of sp³-hybridized carbons (Fsp3) is 0.250. The van der Waals surface area contributed by atoms with Gasteiger partial charge < -0.3 is 9.47 Å². The van der Waals surface area contributed by atoms with Gasteiger partial charge in [0.2, 0.25) is 10.0 Å². The zero-order chi connectivity index (χ0) is 17.7. The molecular weight excluding hydrogens is 418 g/mol. The Kier molecular flexibility index (Phi) is 6.51. The minimum Gasteiger partial charge on any atom is -0.494 e. The molecule has 0 heterocycles. The highest BCUT2D eigenvalue weighted by Crippen LogP contribution is 2.35. The maximum absolute atomic E-state index is 12.4. The van der Waals surface area contributed by atoms with E-state index in [2.05, 4.69) is 20.7 Å². The van der Waals surface area contributed by atoms with Crippen molar-refractivity contribution in [3.05, 3.63) is 51.5 Å². The minimum atomic E-state index is -3.78. The molecule has 130 valence electrons. The topological polar surface area (TPSA) is 64.6 Å². The van der Waals surface area contributed by atoms with Crippen LogP contribution >= 0.6 is 27.5 Å². The highest BCUT2D eigenvalue weighted by atomic mass is 79.9. The van der Waals surface area contributed by atoms with Gasteiger partial charge in [-0.25, -0.2) is 13.1 Å². The number of benzene rings is 2. The molecule has 0 unspecified atom stereocenters. The molecule has 2 rings (SSSR count). The molecule has 2 aromatic rings. The summed E-state index contributed by atoms with van der Waals surface area (Å²) < 4.78 is 38.5. The van der Waals surface area contributed by atoms with Crippen LogP contribution in [-0.2, 0) is 10.0 Å². The van der Waals surface area contributed by atoms with Gasteiger partial charge >= 0.3 is 0 Å². The Morgan fingerprint density at radius 2 is 1.88 bits per heavy atom. The van der Waals surface area contributed by atoms with Crippen molar-refractivity contribution in [2.24, 2.45) is 0 Å². The van der Waals surface area contributed by atoms with Crippen molar-refractivity contribution in [2.45, 2.75) is 11.8 Å². The molecule has 0 aliphatic carbocycles. The van der Waals surface area contributed by atoms with E-state index in [0.717, 1.165) is 5.56 Å². The third-order valence-corrected chi connectivity index (χ3v) is 5.43. The molecule has 0 bridgehead atoms. The third-order valence-electron chi connectivity index (χ3n) is 3.15. The zero-order valence-corrected chi connectivity index (χ0v) is 16.3. The van der Waals surface area contributed by atoms with Gasteiger partial charge in [-0.15, -0.1) is 0 Å². The van der Waals surface area contributed by atoms with Crippen LogP contribution in [0.5, 0.6) is 11.5 Å². The lowest BCUT2D eigenvalue weighted by Crippen LogP contribution is -2.28. The number of rotatable bonds is 7. The lowest BCUT2D eigenvalue weighted by Gasteiger charge is -2.13. The second kappa shape index (κ2) is 8.20. The van der Waals surface area contributed by atoms with Crippen LogP contribution in [0.4, 0.5) is 0 Å². The molecule has 0 saturated heterocycles. The molecule has 0 aliphatic rings. The first-order chi connectivity index (χ1) is 11.3. The molecule has 0 spiro atoms. The van der Waals surface area contributed by atoms with Gasteiger partial charge in [-0.3, -0.25) is 0 Å². The summed E-state index contributed by atoms with van der Waals surface area (Å²) in [6.07, 6.45) is 0. The predicted octanol–water partition coefficient (Wildman–Crippen LogP) is 3.78. The summed E-state index contributed by atoms with van der Waals surface area (Å²) in [4.78, 5) is -0.0280. The molecule has 8 heteroatoms. The number of methoxy groups -OCH3 is 1. The van der Waals surface area contributed by atoms with Gasteiger partial charge in [0.1, 0.15) is 17.3 Å². The van der Waals surface area contributed by atoms with E-state index in [9.17, 15) is 8.42 Å². The summed E-state index contributed by atoms with van der Waals surface area (Å²) in [5, 5.41) is 0.291. The highest BCUT2D eigenvalue weighted by molar-refractivity contribution is 9.10. The van der Waals surface area contributed by atoms with Gasteiger partial charge in [-0.1, -0.05) is 29.3 Å². The van der Waals surface area contributed by atoms with E-state index in [-0.39, 0.29) is 23.8 Å². The molecule has 1 N–H and O–H groups in total. The first kappa shape index (κ1) is 19.1. The molecule has 0 aromatic heterocycles. The second-order valence-electron chi connectivity index (χ2n) is 4.98. The first-order valence-corrected chi connectivity index (χ1v) is 9.71. The number of ether oxygens (including phenoxy) is 2. The SMILES string of the molecule is COc1c(Br)cc(Cl)cc1S(=O)(=O)NCCOc1ccc(C)cc1. The number of nitrogens with one attached hydrogen (secondary N) is 1. The van der Waals surface area contributed by atoms with Crippen molar-refractivity contribution in [2.75, 3.05) is 20.3 Å². The standard InChI is InChI=1S/C16H17BrClNO4S/c1-11-3-5-13(6-4-11)23-8-7-19-24(20,21)15-10-12(18)9-14(17)16(15)22-2/h3-6,9-10,19H,7-8H2,1-2H3. The van der Waals surface area contributed by atoms with Gasteiger partial charge in [0.25, 0.3) is 0 Å². The van der Waals surface area contributed by atoms with E-state index in [1.165, 1.54) is 13.2 Å². The van der Waals surface area contributed by atoms with Gasteiger partial charge in [0, 0.05) is 11.6 Å². The summed E-state index contributed by atoms with van der Waals surface area (Å²) in [6.45, 7) is 2.30. The first-order valence-electron chi connectivity index (χ1n) is 7.05. The molecule has 0 radical (unpaired) electrons. The molecule has 24 heavy (non-hydrogen) atoms. The van der Waals surface area contributed by atoms with Crippen LogP contribution in [0.2, 0.25) is 5.02 Å². The van der Waals surface area contributed by atoms with Crippen LogP contribution in [0.3, 0.4) is 0 Å². The van der Waals surface area contributed by atoms with Crippen LogP contribution in [0.25, 0.3) is 0 Å². The summed E-state index contributed by atoms with van der Waals surface area (Å²) in [6, 6.07) is 10.4. The predicted molar refractivity (Wildman–Crippen MR) is 97.6 cm³/mol. The Hall–Kier alpha value is -1.28. The number of halogens is 2. The Bertz CT molecular complexity index is 810. The van der Waals surface area contributed by atoms with E-state index in [4.69, 9.17) is 21.1 Å². The third kappa shape index (κ3) is 4.86. The number of hydrogen-bond acceptors (Lipinski definition) is 4. The van der Waals surface area contributed by atoms with E-state index in [0.29, 0.717) is 15.2 Å². The van der Waals surface area contributed by atoms with Crippen molar-refractivity contribution < 1.29 is 17.9 Å². The Balaban J connectivity index is 2.02. The van der Waals surface area contributed by atoms with E-state index >= 15 is 0 Å². The van der Waals surface area contributed by atoms with Crippen LogP contribution < -0.4 is 14.2 Å². The van der Waals surface area contributed by atoms with Gasteiger partial charge in [0.15, 0.2) is 5.75 Å². The maximum atomic E-state index is 12.4. The van der Waals surface area contributed by atoms with E-state index < -0.39 is 10.0 Å². The average Bonchev–Trinajstić information content (AvgIpc) is 2.52. The van der Waals surface area contributed by atoms with E-state index in [1.54, 1.807) is 6.07 Å². The second-order valence-corrected chi connectivity index (χ2v) is 8.00. The van der Waals surface area contributed by atoms with Crippen LogP contribution in [-0.4, -0.2) is 28.7 Å². The highest BCUT2D eigenvalue weighted by Gasteiger charge is 2.22. The molecule has 5 nitrogen and oxygen atoms in total. The zero-order valence-electron chi connectivity index (χ0n) is 13.2.